The van der Waals surface area contributed by atoms with Crippen molar-refractivity contribution in [2.45, 2.75) is 6.54 Å². The van der Waals surface area contributed by atoms with Crippen molar-refractivity contribution in [3.05, 3.63) is 75.2 Å². The van der Waals surface area contributed by atoms with Crippen LogP contribution >= 0.6 is 23.1 Å². The number of amidine groups is 1. The van der Waals surface area contributed by atoms with Crippen LogP contribution < -0.4 is 4.74 Å². The highest BCUT2D eigenvalue weighted by atomic mass is 32.2. The number of benzene rings is 1. The first-order chi connectivity index (χ1) is 14.6. The van der Waals surface area contributed by atoms with Gasteiger partial charge in [0.15, 0.2) is 16.7 Å². The normalized spacial score (nSPS) is 17.0. The van der Waals surface area contributed by atoms with Gasteiger partial charge in [-0.15, -0.1) is 16.4 Å². The van der Waals surface area contributed by atoms with Gasteiger partial charge in [-0.05, 0) is 59.1 Å². The van der Waals surface area contributed by atoms with Crippen LogP contribution in [0.3, 0.4) is 0 Å². The topological polar surface area (TPSA) is 87.6 Å². The molecule has 1 aromatic carbocycles. The number of furan rings is 1. The van der Waals surface area contributed by atoms with E-state index < -0.39 is 0 Å². The number of methoxy groups -OCH3 is 1. The van der Waals surface area contributed by atoms with Crippen molar-refractivity contribution < 1.29 is 19.1 Å². The minimum absolute atomic E-state index is 0.0367. The van der Waals surface area contributed by atoms with Crippen molar-refractivity contribution in [2.75, 3.05) is 7.11 Å². The van der Waals surface area contributed by atoms with Crippen molar-refractivity contribution in [1.29, 1.82) is 0 Å². The molecule has 0 radical (unpaired) electrons. The fourth-order valence-corrected chi connectivity index (χ4v) is 4.23. The minimum Gasteiger partial charge on any atom is -0.504 e. The summed E-state index contributed by atoms with van der Waals surface area (Å²) in [4.78, 5) is 16.0. The molecule has 0 spiro atoms. The van der Waals surface area contributed by atoms with Crippen LogP contribution in [0.5, 0.6) is 11.5 Å². The predicted molar refractivity (Wildman–Crippen MR) is 119 cm³/mol. The first-order valence-corrected chi connectivity index (χ1v) is 10.6. The zero-order valence-electron chi connectivity index (χ0n) is 15.9. The molecule has 1 saturated heterocycles. The van der Waals surface area contributed by atoms with Crippen molar-refractivity contribution in [2.24, 2.45) is 10.2 Å². The predicted octanol–water partition coefficient (Wildman–Crippen LogP) is 4.56. The third kappa shape index (κ3) is 4.47. The molecule has 0 unspecified atom stereocenters. The summed E-state index contributed by atoms with van der Waals surface area (Å²) in [5.74, 6) is 0.816. The van der Waals surface area contributed by atoms with Crippen molar-refractivity contribution in [3.8, 4) is 11.5 Å². The van der Waals surface area contributed by atoms with E-state index in [9.17, 15) is 9.90 Å². The highest BCUT2D eigenvalue weighted by Crippen LogP contribution is 2.35. The van der Waals surface area contributed by atoms with Crippen LogP contribution in [0.4, 0.5) is 0 Å². The fourth-order valence-electron chi connectivity index (χ4n) is 2.72. The van der Waals surface area contributed by atoms with Crippen LogP contribution in [0.25, 0.3) is 6.08 Å². The molecule has 4 rings (SSSR count). The van der Waals surface area contributed by atoms with Crippen molar-refractivity contribution >= 4 is 46.5 Å². The summed E-state index contributed by atoms with van der Waals surface area (Å²) in [7, 11) is 1.48. The average Bonchev–Trinajstić information content (AvgIpc) is 3.50. The average molecular weight is 440 g/mol. The Morgan fingerprint density at radius 2 is 2.17 bits per heavy atom. The van der Waals surface area contributed by atoms with Gasteiger partial charge in [-0.25, -0.2) is 0 Å². The quantitative estimate of drug-likeness (QED) is 0.346. The first-order valence-electron chi connectivity index (χ1n) is 8.89. The lowest BCUT2D eigenvalue weighted by Crippen LogP contribution is -2.28. The minimum atomic E-state index is -0.200. The number of carbonyl (C=O) groups excluding carboxylic acids is 1. The molecule has 9 heteroatoms. The maximum absolute atomic E-state index is 13.0. The smallest absolute Gasteiger partial charge is 0.267 e. The molecule has 7 nitrogen and oxygen atoms in total. The molecule has 0 atom stereocenters. The molecule has 1 fully saturated rings. The number of thioether (sulfide) groups is 1. The standard InChI is InChI=1S/C21H17N3O4S2/c1-27-18-10-14(6-7-17(18)25)11-19-20(26)24(13-15-4-2-8-28-15)21(30-19)23-22-12-16-5-3-9-29-16/h2-12,25H,13H2,1H3/b19-11-,22-12-,23-21+. The van der Waals surface area contributed by atoms with Gasteiger partial charge in [0.25, 0.3) is 5.91 Å². The molecular formula is C21H17N3O4S2. The van der Waals surface area contributed by atoms with Crippen LogP contribution in [-0.2, 0) is 11.3 Å². The highest BCUT2D eigenvalue weighted by molar-refractivity contribution is 8.18. The number of phenols is 1. The van der Waals surface area contributed by atoms with Crippen LogP contribution in [0, 0.1) is 0 Å². The third-order valence-electron chi connectivity index (χ3n) is 4.16. The molecule has 3 aromatic rings. The summed E-state index contributed by atoms with van der Waals surface area (Å²) in [5.41, 5.74) is 0.724. The van der Waals surface area contributed by atoms with E-state index in [-0.39, 0.29) is 18.2 Å². The second kappa shape index (κ2) is 9.02. The molecular weight excluding hydrogens is 422 g/mol. The van der Waals surface area contributed by atoms with Gasteiger partial charge in [0, 0.05) is 4.88 Å². The number of hydrogen-bond donors (Lipinski definition) is 1. The van der Waals surface area contributed by atoms with Crippen molar-refractivity contribution in [1.82, 2.24) is 4.90 Å². The van der Waals surface area contributed by atoms with Crippen LogP contribution in [0.2, 0.25) is 0 Å². The molecule has 0 aliphatic carbocycles. The number of aromatic hydroxyl groups is 1. The third-order valence-corrected chi connectivity index (χ3v) is 5.96. The molecule has 1 aliphatic heterocycles. The first kappa shape index (κ1) is 20.0. The zero-order valence-corrected chi connectivity index (χ0v) is 17.5. The molecule has 1 amide bonds. The summed E-state index contributed by atoms with van der Waals surface area (Å²) in [6, 6.07) is 12.3. The van der Waals surface area contributed by atoms with Crippen LogP contribution in [0.1, 0.15) is 16.2 Å². The van der Waals surface area contributed by atoms with E-state index in [1.54, 1.807) is 54.2 Å². The monoisotopic (exact) mass is 439 g/mol. The summed E-state index contributed by atoms with van der Waals surface area (Å²) < 4.78 is 10.5. The van der Waals surface area contributed by atoms with Crippen LogP contribution in [-0.4, -0.2) is 34.4 Å². The lowest BCUT2D eigenvalue weighted by molar-refractivity contribution is -0.122. The molecule has 1 aliphatic rings. The van der Waals surface area contributed by atoms with Gasteiger partial charge in [0.2, 0.25) is 0 Å². The second-order valence-corrected chi connectivity index (χ2v) is 8.14. The fraction of sp³-hybridized carbons (Fsp3) is 0.0952. The number of thiophene rings is 1. The Balaban J connectivity index is 1.63. The highest BCUT2D eigenvalue weighted by Gasteiger charge is 2.34. The molecule has 1 N–H and O–H groups in total. The Hall–Kier alpha value is -3.30. The number of carbonyl (C=O) groups is 1. The van der Waals surface area contributed by atoms with E-state index in [0.717, 1.165) is 10.4 Å². The van der Waals surface area contributed by atoms with E-state index in [4.69, 9.17) is 9.15 Å². The van der Waals surface area contributed by atoms with E-state index in [2.05, 4.69) is 10.2 Å². The number of ether oxygens (including phenoxy) is 1. The zero-order chi connectivity index (χ0) is 20.9. The van der Waals surface area contributed by atoms with Crippen LogP contribution in [0.15, 0.2) is 73.6 Å². The van der Waals surface area contributed by atoms with Gasteiger partial charge in [0.05, 0.1) is 31.0 Å². The maximum Gasteiger partial charge on any atom is 0.267 e. The van der Waals surface area contributed by atoms with E-state index in [1.165, 1.54) is 29.8 Å². The maximum atomic E-state index is 13.0. The van der Waals surface area contributed by atoms with Gasteiger partial charge in [-0.1, -0.05) is 12.1 Å². The summed E-state index contributed by atoms with van der Waals surface area (Å²) in [6.45, 7) is 0.252. The molecule has 2 aromatic heterocycles. The largest absolute Gasteiger partial charge is 0.504 e. The summed E-state index contributed by atoms with van der Waals surface area (Å²) in [6.07, 6.45) is 4.95. The van der Waals surface area contributed by atoms with Gasteiger partial charge < -0.3 is 14.3 Å². The Labute approximate surface area is 181 Å². The van der Waals surface area contributed by atoms with Gasteiger partial charge in [-0.3, -0.25) is 9.69 Å². The van der Waals surface area contributed by atoms with Gasteiger partial charge >= 0.3 is 0 Å². The second-order valence-electron chi connectivity index (χ2n) is 6.16. The molecule has 0 saturated carbocycles. The summed E-state index contributed by atoms with van der Waals surface area (Å²) in [5, 5.41) is 20.6. The molecule has 152 valence electrons. The van der Waals surface area contributed by atoms with E-state index in [0.29, 0.717) is 21.6 Å². The van der Waals surface area contributed by atoms with E-state index >= 15 is 0 Å². The summed E-state index contributed by atoms with van der Waals surface area (Å²) >= 11 is 2.78. The Bertz CT molecular complexity index is 1120. The van der Waals surface area contributed by atoms with Gasteiger partial charge in [0.1, 0.15) is 5.76 Å². The van der Waals surface area contributed by atoms with E-state index in [1.807, 2.05) is 17.5 Å². The Kier molecular flexibility index (Phi) is 6.01. The van der Waals surface area contributed by atoms with Gasteiger partial charge in [-0.2, -0.15) is 5.10 Å². The Morgan fingerprint density at radius 1 is 1.27 bits per heavy atom. The number of rotatable bonds is 6. The Morgan fingerprint density at radius 3 is 2.90 bits per heavy atom. The number of nitrogens with zero attached hydrogens (tertiary/aromatic N) is 3. The SMILES string of the molecule is COc1cc(/C=C2\S/C(=N/N=C\c3cccs3)N(Cc3ccco3)C2=O)ccc1O. The molecule has 3 heterocycles. The molecule has 0 bridgehead atoms. The van der Waals surface area contributed by atoms with Crippen molar-refractivity contribution in [3.63, 3.8) is 0 Å². The number of phenolic OH excluding ortho intramolecular Hbond substituents is 1. The molecule has 30 heavy (non-hydrogen) atoms. The number of amides is 1. The lowest BCUT2D eigenvalue weighted by atomic mass is 10.2. The lowest BCUT2D eigenvalue weighted by Gasteiger charge is -2.12. The number of hydrogen-bond acceptors (Lipinski definition) is 8.